The fraction of sp³-hybridized carbons (Fsp3) is 0.600. The number of carbonyl (C=O) groups is 2. The monoisotopic (exact) mass is 345 g/mol. The maximum atomic E-state index is 13.0. The molecule has 5 nitrogen and oxygen atoms in total. The van der Waals surface area contributed by atoms with Gasteiger partial charge in [-0.1, -0.05) is 44.2 Å². The number of nitrogens with zero attached hydrogens (tertiary/aromatic N) is 1. The van der Waals surface area contributed by atoms with Crippen LogP contribution >= 0.6 is 0 Å². The number of fused-ring (bicyclic) bond motifs is 1. The largest absolute Gasteiger partial charge is 0.465 e. The van der Waals surface area contributed by atoms with Gasteiger partial charge in [0.15, 0.2) is 6.10 Å². The number of benzene rings is 1. The molecule has 25 heavy (non-hydrogen) atoms. The molecule has 2 aliphatic rings. The van der Waals surface area contributed by atoms with Gasteiger partial charge in [0.1, 0.15) is 5.41 Å². The van der Waals surface area contributed by atoms with Gasteiger partial charge in [0, 0.05) is 13.1 Å². The molecule has 0 aliphatic carbocycles. The molecule has 0 bridgehead atoms. The number of hydrogen-bond acceptors (Lipinski definition) is 4. The lowest BCUT2D eigenvalue weighted by atomic mass is 9.76. The third-order valence-corrected chi connectivity index (χ3v) is 5.70. The van der Waals surface area contributed by atoms with Crippen LogP contribution in [0.25, 0.3) is 0 Å². The first-order chi connectivity index (χ1) is 12.0. The third kappa shape index (κ3) is 2.95. The van der Waals surface area contributed by atoms with Crippen molar-refractivity contribution in [2.45, 2.75) is 58.3 Å². The minimum absolute atomic E-state index is 0.0966. The topological polar surface area (TPSA) is 55.8 Å². The molecule has 0 N–H and O–H groups in total. The Morgan fingerprint density at radius 2 is 1.92 bits per heavy atom. The minimum Gasteiger partial charge on any atom is -0.465 e. The first kappa shape index (κ1) is 17.9. The summed E-state index contributed by atoms with van der Waals surface area (Å²) in [5.41, 5.74) is -0.244. The van der Waals surface area contributed by atoms with Gasteiger partial charge in [-0.2, -0.15) is 0 Å². The van der Waals surface area contributed by atoms with E-state index < -0.39 is 17.1 Å². The highest BCUT2D eigenvalue weighted by Gasteiger charge is 2.67. The molecule has 1 aromatic carbocycles. The molecule has 3 rings (SSSR count). The standard InChI is InChI=1S/C20H27NO4/c1-4-19(5-2)13-20(18(23)24-6-3)14-21(17(22)16(20)25-19)12-15-10-8-7-9-11-15/h7-11,16H,4-6,12-14H2,1-3H3/t16?,20-/m1/s1. The van der Waals surface area contributed by atoms with Gasteiger partial charge in [-0.05, 0) is 31.7 Å². The van der Waals surface area contributed by atoms with Crippen molar-refractivity contribution in [3.05, 3.63) is 35.9 Å². The maximum absolute atomic E-state index is 13.0. The number of carbonyl (C=O) groups excluding carboxylic acids is 2. The zero-order valence-electron chi connectivity index (χ0n) is 15.3. The van der Waals surface area contributed by atoms with E-state index in [1.165, 1.54) is 0 Å². The van der Waals surface area contributed by atoms with Crippen molar-refractivity contribution in [1.29, 1.82) is 0 Å². The summed E-state index contributed by atoms with van der Waals surface area (Å²) in [4.78, 5) is 27.6. The molecule has 1 amide bonds. The zero-order chi connectivity index (χ0) is 18.1. The van der Waals surface area contributed by atoms with Crippen molar-refractivity contribution in [3.63, 3.8) is 0 Å². The highest BCUT2D eigenvalue weighted by molar-refractivity contribution is 5.94. The van der Waals surface area contributed by atoms with Crippen molar-refractivity contribution < 1.29 is 19.1 Å². The highest BCUT2D eigenvalue weighted by Crippen LogP contribution is 2.52. The van der Waals surface area contributed by atoms with Crippen molar-refractivity contribution in [1.82, 2.24) is 4.90 Å². The third-order valence-electron chi connectivity index (χ3n) is 5.70. The number of rotatable bonds is 6. The van der Waals surface area contributed by atoms with Crippen molar-refractivity contribution >= 4 is 11.9 Å². The van der Waals surface area contributed by atoms with Crippen LogP contribution in [0.1, 0.15) is 45.6 Å². The fourth-order valence-electron chi connectivity index (χ4n) is 4.20. The van der Waals surface area contributed by atoms with Gasteiger partial charge < -0.3 is 14.4 Å². The molecule has 0 aromatic heterocycles. The second-order valence-corrected chi connectivity index (χ2v) is 7.12. The van der Waals surface area contributed by atoms with Crippen LogP contribution in [0.3, 0.4) is 0 Å². The number of hydrogen-bond donors (Lipinski definition) is 0. The Hall–Kier alpha value is -1.88. The van der Waals surface area contributed by atoms with E-state index in [2.05, 4.69) is 13.8 Å². The summed E-state index contributed by atoms with van der Waals surface area (Å²) >= 11 is 0. The first-order valence-electron chi connectivity index (χ1n) is 9.18. The predicted octanol–water partition coefficient (Wildman–Crippen LogP) is 2.93. The molecule has 2 atom stereocenters. The SMILES string of the molecule is CCOC(=O)[C@]12CN(Cc3ccccc3)C(=O)C1OC(CC)(CC)C2. The van der Waals surface area contributed by atoms with Gasteiger partial charge in [-0.25, -0.2) is 0 Å². The Morgan fingerprint density at radius 1 is 1.24 bits per heavy atom. The lowest BCUT2D eigenvalue weighted by Crippen LogP contribution is -2.41. The van der Waals surface area contributed by atoms with E-state index in [1.54, 1.807) is 11.8 Å². The molecule has 5 heteroatoms. The summed E-state index contributed by atoms with van der Waals surface area (Å²) < 4.78 is 11.6. The maximum Gasteiger partial charge on any atom is 0.317 e. The van der Waals surface area contributed by atoms with Gasteiger partial charge >= 0.3 is 5.97 Å². The summed E-state index contributed by atoms with van der Waals surface area (Å²) in [6.07, 6.45) is 1.39. The van der Waals surface area contributed by atoms with Crippen molar-refractivity contribution in [2.75, 3.05) is 13.2 Å². The van der Waals surface area contributed by atoms with Gasteiger partial charge in [-0.3, -0.25) is 9.59 Å². The van der Waals surface area contributed by atoms with Crippen molar-refractivity contribution in [2.24, 2.45) is 5.41 Å². The summed E-state index contributed by atoms with van der Waals surface area (Å²) in [7, 11) is 0. The van der Waals surface area contributed by atoms with E-state index >= 15 is 0 Å². The Balaban J connectivity index is 1.89. The quantitative estimate of drug-likeness (QED) is 0.744. The normalized spacial score (nSPS) is 27.4. The predicted molar refractivity (Wildman–Crippen MR) is 93.7 cm³/mol. The average molecular weight is 345 g/mol. The fourth-order valence-corrected chi connectivity index (χ4v) is 4.20. The Morgan fingerprint density at radius 3 is 2.52 bits per heavy atom. The Labute approximate surface area is 149 Å². The first-order valence-corrected chi connectivity index (χ1v) is 9.18. The second-order valence-electron chi connectivity index (χ2n) is 7.12. The molecule has 2 saturated heterocycles. The van der Waals surface area contributed by atoms with Gasteiger partial charge in [-0.15, -0.1) is 0 Å². The molecule has 2 fully saturated rings. The van der Waals surface area contributed by atoms with Gasteiger partial charge in [0.25, 0.3) is 5.91 Å². The van der Waals surface area contributed by atoms with Crippen LogP contribution in [0.5, 0.6) is 0 Å². The van der Waals surface area contributed by atoms with E-state index in [1.807, 2.05) is 30.3 Å². The summed E-state index contributed by atoms with van der Waals surface area (Å²) in [5.74, 6) is -0.395. The number of ether oxygens (including phenoxy) is 2. The summed E-state index contributed by atoms with van der Waals surface area (Å²) in [6, 6.07) is 9.83. The molecule has 0 radical (unpaired) electrons. The van der Waals surface area contributed by atoms with E-state index in [9.17, 15) is 9.59 Å². The van der Waals surface area contributed by atoms with Crippen LogP contribution in [-0.4, -0.2) is 41.6 Å². The van der Waals surface area contributed by atoms with Crippen molar-refractivity contribution in [3.8, 4) is 0 Å². The van der Waals surface area contributed by atoms with E-state index in [4.69, 9.17) is 9.47 Å². The summed E-state index contributed by atoms with van der Waals surface area (Å²) in [5, 5.41) is 0. The van der Waals surface area contributed by atoms with E-state index in [-0.39, 0.29) is 11.9 Å². The van der Waals surface area contributed by atoms with Crippen LogP contribution in [0.15, 0.2) is 30.3 Å². The molecule has 0 spiro atoms. The molecule has 2 aliphatic heterocycles. The van der Waals surface area contributed by atoms with E-state index in [0.717, 1.165) is 18.4 Å². The van der Waals surface area contributed by atoms with Crippen LogP contribution in [-0.2, 0) is 25.6 Å². The lowest BCUT2D eigenvalue weighted by molar-refractivity contribution is -0.158. The molecule has 0 saturated carbocycles. The molecule has 2 heterocycles. The molecule has 136 valence electrons. The zero-order valence-corrected chi connectivity index (χ0v) is 15.3. The second kappa shape index (κ2) is 6.79. The Kier molecular flexibility index (Phi) is 4.87. The lowest BCUT2D eigenvalue weighted by Gasteiger charge is -2.30. The van der Waals surface area contributed by atoms with Gasteiger partial charge in [0.05, 0.1) is 12.2 Å². The van der Waals surface area contributed by atoms with E-state index in [0.29, 0.717) is 26.1 Å². The van der Waals surface area contributed by atoms with Crippen LogP contribution in [0.2, 0.25) is 0 Å². The average Bonchev–Trinajstić information content (AvgIpc) is 3.09. The molecular formula is C20H27NO4. The van der Waals surface area contributed by atoms with Crippen LogP contribution in [0, 0.1) is 5.41 Å². The Bertz CT molecular complexity index is 640. The number of likely N-dealkylation sites (tertiary alicyclic amines) is 1. The highest BCUT2D eigenvalue weighted by atomic mass is 16.6. The molecule has 1 aromatic rings. The number of esters is 1. The number of amides is 1. The van der Waals surface area contributed by atoms with Crippen LogP contribution < -0.4 is 0 Å². The smallest absolute Gasteiger partial charge is 0.317 e. The molecular weight excluding hydrogens is 318 g/mol. The van der Waals surface area contributed by atoms with Gasteiger partial charge in [0.2, 0.25) is 0 Å². The van der Waals surface area contributed by atoms with Crippen LogP contribution in [0.4, 0.5) is 0 Å². The summed E-state index contributed by atoms with van der Waals surface area (Å²) in [6.45, 7) is 7.07. The minimum atomic E-state index is -0.881. The molecule has 1 unspecified atom stereocenters.